The third-order valence-corrected chi connectivity index (χ3v) is 5.85. The normalized spacial score (nSPS) is 22.0. The molecule has 2 aromatic rings. The lowest BCUT2D eigenvalue weighted by atomic mass is 9.94. The number of ketones is 1. The summed E-state index contributed by atoms with van der Waals surface area (Å²) in [5, 5.41) is 11.2. The molecule has 0 aliphatic carbocycles. The predicted octanol–water partition coefficient (Wildman–Crippen LogP) is 3.78. The van der Waals surface area contributed by atoms with Crippen LogP contribution in [0.1, 0.15) is 41.6 Å². The van der Waals surface area contributed by atoms with Gasteiger partial charge < -0.3 is 19.5 Å². The van der Waals surface area contributed by atoms with E-state index in [0.717, 1.165) is 28.9 Å². The first-order valence-corrected chi connectivity index (χ1v) is 10.5. The number of aliphatic hydroxyl groups is 1. The zero-order valence-electron chi connectivity index (χ0n) is 18.1. The minimum Gasteiger partial charge on any atom is -0.507 e. The molecule has 2 unspecified atom stereocenters. The van der Waals surface area contributed by atoms with Gasteiger partial charge in [0.2, 0.25) is 0 Å². The largest absolute Gasteiger partial charge is 0.507 e. The number of fused-ring (bicyclic) bond motifs is 1. The van der Waals surface area contributed by atoms with E-state index in [1.165, 1.54) is 4.90 Å². The molecule has 1 N–H and O–H groups in total. The average Bonchev–Trinajstić information content (AvgIpc) is 3.25. The number of methoxy groups -OCH3 is 1. The fourth-order valence-corrected chi connectivity index (χ4v) is 4.31. The van der Waals surface area contributed by atoms with Gasteiger partial charge in [-0.2, -0.15) is 0 Å². The molecule has 2 heterocycles. The number of likely N-dealkylation sites (tertiary alicyclic amines) is 1. The standard InChI is InChI=1S/C25H27NO5/c1-15-5-7-17(8-6-15)22-21(24(28)25(29)26(22)11-4-12-30-3)23(27)18-9-10-20-19(14-18)13-16(2)31-20/h5-10,14,16,22,27H,4,11-13H2,1-3H3. The Morgan fingerprint density at radius 3 is 2.65 bits per heavy atom. The van der Waals surface area contributed by atoms with Crippen molar-refractivity contribution in [3.05, 3.63) is 70.3 Å². The maximum Gasteiger partial charge on any atom is 0.295 e. The number of rotatable bonds is 6. The van der Waals surface area contributed by atoms with Gasteiger partial charge in [-0.05, 0) is 49.6 Å². The van der Waals surface area contributed by atoms with Gasteiger partial charge in [-0.25, -0.2) is 0 Å². The molecule has 2 aromatic carbocycles. The van der Waals surface area contributed by atoms with Crippen LogP contribution in [0.15, 0.2) is 48.0 Å². The number of benzene rings is 2. The molecule has 2 aliphatic heterocycles. The molecule has 0 saturated carbocycles. The van der Waals surface area contributed by atoms with E-state index in [2.05, 4.69) is 0 Å². The summed E-state index contributed by atoms with van der Waals surface area (Å²) in [6.45, 7) is 4.81. The Labute approximate surface area is 182 Å². The van der Waals surface area contributed by atoms with E-state index in [1.54, 1.807) is 13.2 Å². The third kappa shape index (κ3) is 3.95. The molecule has 6 nitrogen and oxygen atoms in total. The molecule has 6 heteroatoms. The second-order valence-electron chi connectivity index (χ2n) is 8.20. The number of aliphatic hydroxyl groups excluding tert-OH is 1. The van der Waals surface area contributed by atoms with Crippen LogP contribution in [0, 0.1) is 6.92 Å². The van der Waals surface area contributed by atoms with Gasteiger partial charge in [0.15, 0.2) is 0 Å². The highest BCUT2D eigenvalue weighted by molar-refractivity contribution is 6.46. The molecule has 162 valence electrons. The van der Waals surface area contributed by atoms with Crippen LogP contribution < -0.4 is 4.74 Å². The summed E-state index contributed by atoms with van der Waals surface area (Å²) in [4.78, 5) is 27.5. The molecule has 1 saturated heterocycles. The molecule has 2 aliphatic rings. The number of aryl methyl sites for hydroxylation is 1. The topological polar surface area (TPSA) is 76.1 Å². The highest BCUT2D eigenvalue weighted by atomic mass is 16.5. The Kier molecular flexibility index (Phi) is 5.83. The van der Waals surface area contributed by atoms with Crippen LogP contribution >= 0.6 is 0 Å². The van der Waals surface area contributed by atoms with Gasteiger partial charge in [-0.15, -0.1) is 0 Å². The molecular formula is C25H27NO5. The fraction of sp³-hybridized carbons (Fsp3) is 0.360. The summed E-state index contributed by atoms with van der Waals surface area (Å²) < 4.78 is 10.9. The molecular weight excluding hydrogens is 394 g/mol. The quantitative estimate of drug-likeness (QED) is 0.333. The summed E-state index contributed by atoms with van der Waals surface area (Å²) in [5.74, 6) is -0.619. The Morgan fingerprint density at radius 1 is 1.19 bits per heavy atom. The van der Waals surface area contributed by atoms with Gasteiger partial charge in [0.1, 0.15) is 17.6 Å². The minimum absolute atomic E-state index is 0.0753. The smallest absolute Gasteiger partial charge is 0.295 e. The number of hydrogen-bond acceptors (Lipinski definition) is 5. The summed E-state index contributed by atoms with van der Waals surface area (Å²) in [6.07, 6.45) is 1.41. The van der Waals surface area contributed by atoms with E-state index < -0.39 is 17.7 Å². The van der Waals surface area contributed by atoms with E-state index in [4.69, 9.17) is 9.47 Å². The maximum atomic E-state index is 13.0. The van der Waals surface area contributed by atoms with Gasteiger partial charge in [0, 0.05) is 32.2 Å². The fourth-order valence-electron chi connectivity index (χ4n) is 4.31. The Hall–Kier alpha value is -3.12. The zero-order chi connectivity index (χ0) is 22.1. The van der Waals surface area contributed by atoms with Crippen molar-refractivity contribution >= 4 is 17.4 Å². The van der Waals surface area contributed by atoms with E-state index >= 15 is 0 Å². The van der Waals surface area contributed by atoms with Crippen molar-refractivity contribution in [2.45, 2.75) is 38.8 Å². The van der Waals surface area contributed by atoms with E-state index in [1.807, 2.05) is 50.2 Å². The monoisotopic (exact) mass is 421 g/mol. The van der Waals surface area contributed by atoms with Crippen LogP contribution in [0.5, 0.6) is 5.75 Å². The van der Waals surface area contributed by atoms with Gasteiger partial charge in [0.25, 0.3) is 11.7 Å². The highest BCUT2D eigenvalue weighted by Gasteiger charge is 2.45. The number of ether oxygens (including phenoxy) is 2. The van der Waals surface area contributed by atoms with Crippen LogP contribution in [0.2, 0.25) is 0 Å². The molecule has 0 radical (unpaired) electrons. The van der Waals surface area contributed by atoms with Gasteiger partial charge in [-0.3, -0.25) is 9.59 Å². The number of amides is 1. The molecule has 0 spiro atoms. The van der Waals surface area contributed by atoms with Crippen molar-refractivity contribution in [2.75, 3.05) is 20.3 Å². The van der Waals surface area contributed by atoms with Crippen molar-refractivity contribution in [1.29, 1.82) is 0 Å². The van der Waals surface area contributed by atoms with E-state index in [-0.39, 0.29) is 17.4 Å². The van der Waals surface area contributed by atoms with Crippen LogP contribution in [0.25, 0.3) is 5.76 Å². The van der Waals surface area contributed by atoms with Crippen LogP contribution in [-0.4, -0.2) is 48.1 Å². The number of nitrogens with zero attached hydrogens (tertiary/aromatic N) is 1. The maximum absolute atomic E-state index is 13.0. The molecule has 0 aromatic heterocycles. The van der Waals surface area contributed by atoms with Gasteiger partial charge in [-0.1, -0.05) is 29.8 Å². The Bertz CT molecular complexity index is 1040. The second-order valence-corrected chi connectivity index (χ2v) is 8.20. The molecule has 1 fully saturated rings. The summed E-state index contributed by atoms with van der Waals surface area (Å²) in [6, 6.07) is 12.4. The lowest BCUT2D eigenvalue weighted by Gasteiger charge is -2.25. The summed E-state index contributed by atoms with van der Waals surface area (Å²) in [7, 11) is 1.60. The number of carbonyl (C=O) groups is 2. The number of carbonyl (C=O) groups excluding carboxylic acids is 2. The van der Waals surface area contributed by atoms with Crippen molar-refractivity contribution in [3.8, 4) is 5.75 Å². The molecule has 31 heavy (non-hydrogen) atoms. The Morgan fingerprint density at radius 2 is 1.94 bits per heavy atom. The molecule has 2 atom stereocenters. The highest BCUT2D eigenvalue weighted by Crippen LogP contribution is 2.40. The third-order valence-electron chi connectivity index (χ3n) is 5.85. The predicted molar refractivity (Wildman–Crippen MR) is 117 cm³/mol. The van der Waals surface area contributed by atoms with E-state index in [0.29, 0.717) is 25.1 Å². The number of hydrogen-bond donors (Lipinski definition) is 1. The summed E-state index contributed by atoms with van der Waals surface area (Å²) in [5.41, 5.74) is 3.49. The van der Waals surface area contributed by atoms with Crippen LogP contribution in [0.3, 0.4) is 0 Å². The van der Waals surface area contributed by atoms with Crippen LogP contribution in [-0.2, 0) is 20.7 Å². The average molecular weight is 421 g/mol. The second kappa shape index (κ2) is 8.55. The van der Waals surface area contributed by atoms with Crippen molar-refractivity contribution in [3.63, 3.8) is 0 Å². The van der Waals surface area contributed by atoms with Crippen molar-refractivity contribution in [2.24, 2.45) is 0 Å². The van der Waals surface area contributed by atoms with Crippen LogP contribution in [0.4, 0.5) is 0 Å². The first-order chi connectivity index (χ1) is 14.9. The molecule has 1 amide bonds. The van der Waals surface area contributed by atoms with Gasteiger partial charge in [0.05, 0.1) is 11.6 Å². The SMILES string of the molecule is COCCCN1C(=O)C(=O)C(=C(O)c2ccc3c(c2)CC(C)O3)C1c1ccc(C)cc1. The minimum atomic E-state index is -0.661. The van der Waals surface area contributed by atoms with E-state index in [9.17, 15) is 14.7 Å². The lowest BCUT2D eigenvalue weighted by molar-refractivity contribution is -0.140. The molecule has 4 rings (SSSR count). The van der Waals surface area contributed by atoms with Crippen molar-refractivity contribution in [1.82, 2.24) is 4.90 Å². The van der Waals surface area contributed by atoms with Gasteiger partial charge >= 0.3 is 0 Å². The molecule has 0 bridgehead atoms. The lowest BCUT2D eigenvalue weighted by Crippen LogP contribution is -2.31. The first-order valence-electron chi connectivity index (χ1n) is 10.5. The Balaban J connectivity index is 1.79. The summed E-state index contributed by atoms with van der Waals surface area (Å²) >= 11 is 0. The zero-order valence-corrected chi connectivity index (χ0v) is 18.1. The van der Waals surface area contributed by atoms with Crippen molar-refractivity contribution < 1.29 is 24.2 Å². The first kappa shape index (κ1) is 21.1. The number of Topliss-reactive ketones (excluding diaryl/α,β-unsaturated/α-hetero) is 1.